The van der Waals surface area contributed by atoms with Crippen molar-refractivity contribution in [3.8, 4) is 11.5 Å². The second kappa shape index (κ2) is 6.80. The smallest absolute Gasteiger partial charge is 0.297 e. The van der Waals surface area contributed by atoms with Crippen molar-refractivity contribution < 1.29 is 27.2 Å². The van der Waals surface area contributed by atoms with Crippen LogP contribution in [-0.4, -0.2) is 33.3 Å². The van der Waals surface area contributed by atoms with Crippen LogP contribution >= 0.6 is 0 Å². The molecule has 1 heterocycles. The molecule has 0 amide bonds. The molecule has 0 saturated heterocycles. The van der Waals surface area contributed by atoms with Gasteiger partial charge in [0.15, 0.2) is 11.5 Å². The second-order valence-electron chi connectivity index (χ2n) is 5.47. The molecule has 1 aliphatic heterocycles. The molecule has 7 heteroatoms. The van der Waals surface area contributed by atoms with E-state index in [4.69, 9.17) is 13.7 Å². The zero-order valence-corrected chi connectivity index (χ0v) is 14.0. The number of hydrogen-bond acceptors (Lipinski definition) is 6. The van der Waals surface area contributed by atoms with Crippen LogP contribution in [-0.2, 0) is 14.3 Å². The highest BCUT2D eigenvalue weighted by Gasteiger charge is 2.20. The van der Waals surface area contributed by atoms with Gasteiger partial charge in [-0.2, -0.15) is 8.42 Å². The fourth-order valence-corrected chi connectivity index (χ4v) is 3.20. The Balaban J connectivity index is 1.68. The number of aliphatic hydroxyl groups is 1. The summed E-state index contributed by atoms with van der Waals surface area (Å²) in [6, 6.07) is 11.3. The number of hydrogen-bond donors (Lipinski definition) is 1. The van der Waals surface area contributed by atoms with E-state index in [-0.39, 0.29) is 11.5 Å². The third-order valence-corrected chi connectivity index (χ3v) is 4.94. The Labute approximate surface area is 140 Å². The van der Waals surface area contributed by atoms with E-state index in [0.717, 1.165) is 5.56 Å². The van der Waals surface area contributed by atoms with Gasteiger partial charge < -0.3 is 14.6 Å². The first kappa shape index (κ1) is 16.8. The first-order valence-corrected chi connectivity index (χ1v) is 8.90. The Morgan fingerprint density at radius 2 is 1.75 bits per heavy atom. The highest BCUT2D eigenvalue weighted by atomic mass is 32.2. The average molecular weight is 350 g/mol. The maximum absolute atomic E-state index is 12.1. The van der Waals surface area contributed by atoms with Crippen LogP contribution in [0.2, 0.25) is 0 Å². The molecule has 0 aromatic heterocycles. The molecule has 0 aliphatic carbocycles. The number of benzene rings is 2. The minimum atomic E-state index is -3.91. The normalized spacial score (nSPS) is 15.1. The third-order valence-electron chi connectivity index (χ3n) is 3.64. The topological polar surface area (TPSA) is 82.1 Å². The molecule has 24 heavy (non-hydrogen) atoms. The van der Waals surface area contributed by atoms with Crippen molar-refractivity contribution in [3.05, 3.63) is 53.6 Å². The summed E-state index contributed by atoms with van der Waals surface area (Å²) >= 11 is 0. The summed E-state index contributed by atoms with van der Waals surface area (Å²) in [6.07, 6.45) is -1.10. The number of aliphatic hydroxyl groups excluding tert-OH is 1. The van der Waals surface area contributed by atoms with Crippen LogP contribution in [0.5, 0.6) is 11.5 Å². The maximum atomic E-state index is 12.1. The highest BCUT2D eigenvalue weighted by molar-refractivity contribution is 7.86. The van der Waals surface area contributed by atoms with Gasteiger partial charge in [-0.25, -0.2) is 0 Å². The lowest BCUT2D eigenvalue weighted by Crippen LogP contribution is -2.17. The minimum Gasteiger partial charge on any atom is -0.486 e. The molecule has 0 bridgehead atoms. The summed E-state index contributed by atoms with van der Waals surface area (Å²) in [5.74, 6) is 1.13. The predicted molar refractivity (Wildman–Crippen MR) is 86.7 cm³/mol. The summed E-state index contributed by atoms with van der Waals surface area (Å²) in [5.41, 5.74) is 1.45. The zero-order chi connectivity index (χ0) is 17.2. The summed E-state index contributed by atoms with van der Waals surface area (Å²) in [5, 5.41) is 10.2. The van der Waals surface area contributed by atoms with E-state index in [2.05, 4.69) is 0 Å². The molecular formula is C17H18O6S. The van der Waals surface area contributed by atoms with Gasteiger partial charge in [0.1, 0.15) is 19.3 Å². The Kier molecular flexibility index (Phi) is 4.75. The van der Waals surface area contributed by atoms with Crippen LogP contribution in [0, 0.1) is 6.92 Å². The number of aryl methyl sites for hydroxylation is 1. The van der Waals surface area contributed by atoms with Crippen molar-refractivity contribution in [2.24, 2.45) is 0 Å². The third kappa shape index (κ3) is 3.69. The van der Waals surface area contributed by atoms with Crippen LogP contribution in [0.3, 0.4) is 0 Å². The molecule has 0 fully saturated rings. The predicted octanol–water partition coefficient (Wildman–Crippen LogP) is 2.21. The maximum Gasteiger partial charge on any atom is 0.297 e. The first-order valence-electron chi connectivity index (χ1n) is 7.49. The van der Waals surface area contributed by atoms with Crippen molar-refractivity contribution in [2.45, 2.75) is 17.9 Å². The first-order chi connectivity index (χ1) is 11.5. The van der Waals surface area contributed by atoms with E-state index < -0.39 is 16.2 Å². The van der Waals surface area contributed by atoms with Gasteiger partial charge in [-0.1, -0.05) is 23.8 Å². The lowest BCUT2D eigenvalue weighted by molar-refractivity contribution is 0.110. The lowest BCUT2D eigenvalue weighted by Gasteiger charge is -2.20. The molecule has 0 saturated carbocycles. The van der Waals surface area contributed by atoms with Gasteiger partial charge in [0.25, 0.3) is 10.1 Å². The number of ether oxygens (including phenoxy) is 2. The molecular weight excluding hydrogens is 332 g/mol. The molecule has 0 unspecified atom stereocenters. The lowest BCUT2D eigenvalue weighted by atomic mass is 10.1. The molecule has 1 N–H and O–H groups in total. The number of fused-ring (bicyclic) bond motifs is 1. The van der Waals surface area contributed by atoms with Crippen molar-refractivity contribution in [1.29, 1.82) is 0 Å². The SMILES string of the molecule is Cc1ccc(S(=O)(=O)OC[C@H](O)c2ccc3c(c2)OCCO3)cc1. The van der Waals surface area contributed by atoms with Gasteiger partial charge in [0.2, 0.25) is 0 Å². The molecule has 6 nitrogen and oxygen atoms in total. The monoisotopic (exact) mass is 350 g/mol. The van der Waals surface area contributed by atoms with E-state index in [1.807, 2.05) is 6.92 Å². The van der Waals surface area contributed by atoms with Crippen LogP contribution < -0.4 is 9.47 Å². The standard InChI is InChI=1S/C17H18O6S/c1-12-2-5-14(6-3-12)24(19,20)23-11-15(18)13-4-7-16-17(10-13)22-9-8-21-16/h2-7,10,15,18H,8-9,11H2,1H3/t15-/m0/s1. The molecule has 2 aromatic rings. The summed E-state index contributed by atoms with van der Waals surface area (Å²) in [7, 11) is -3.91. The molecule has 1 atom stereocenters. The van der Waals surface area contributed by atoms with E-state index in [1.165, 1.54) is 12.1 Å². The second-order valence-corrected chi connectivity index (χ2v) is 7.09. The van der Waals surface area contributed by atoms with Gasteiger partial charge in [-0.05, 0) is 36.8 Å². The van der Waals surface area contributed by atoms with Gasteiger partial charge in [-0.3, -0.25) is 4.18 Å². The van der Waals surface area contributed by atoms with E-state index >= 15 is 0 Å². The van der Waals surface area contributed by atoms with Crippen LogP contribution in [0.25, 0.3) is 0 Å². The fraction of sp³-hybridized carbons (Fsp3) is 0.294. The van der Waals surface area contributed by atoms with Crippen LogP contribution in [0.15, 0.2) is 47.4 Å². The van der Waals surface area contributed by atoms with E-state index in [0.29, 0.717) is 30.3 Å². The van der Waals surface area contributed by atoms with Crippen LogP contribution in [0.1, 0.15) is 17.2 Å². The zero-order valence-electron chi connectivity index (χ0n) is 13.1. The molecule has 0 spiro atoms. The van der Waals surface area contributed by atoms with Gasteiger partial charge in [0.05, 0.1) is 11.5 Å². The van der Waals surface area contributed by atoms with Gasteiger partial charge in [-0.15, -0.1) is 0 Å². The fourth-order valence-electron chi connectivity index (χ4n) is 2.29. The Morgan fingerprint density at radius 1 is 1.08 bits per heavy atom. The van der Waals surface area contributed by atoms with Gasteiger partial charge in [0, 0.05) is 0 Å². The Morgan fingerprint density at radius 3 is 2.46 bits per heavy atom. The largest absolute Gasteiger partial charge is 0.486 e. The van der Waals surface area contributed by atoms with Gasteiger partial charge >= 0.3 is 0 Å². The van der Waals surface area contributed by atoms with Crippen LogP contribution in [0.4, 0.5) is 0 Å². The quantitative estimate of drug-likeness (QED) is 0.833. The highest BCUT2D eigenvalue weighted by Crippen LogP contribution is 2.32. The molecule has 0 radical (unpaired) electrons. The van der Waals surface area contributed by atoms with E-state index in [9.17, 15) is 13.5 Å². The molecule has 3 rings (SSSR count). The summed E-state index contributed by atoms with van der Waals surface area (Å²) in [4.78, 5) is 0.0578. The van der Waals surface area contributed by atoms with Crippen molar-refractivity contribution in [3.63, 3.8) is 0 Å². The Hall–Kier alpha value is -2.09. The summed E-state index contributed by atoms with van der Waals surface area (Å²) in [6.45, 7) is 2.40. The van der Waals surface area contributed by atoms with E-state index in [1.54, 1.807) is 30.3 Å². The summed E-state index contributed by atoms with van der Waals surface area (Å²) < 4.78 is 40.1. The van der Waals surface area contributed by atoms with Crippen molar-refractivity contribution in [1.82, 2.24) is 0 Å². The number of rotatable bonds is 5. The Bertz CT molecular complexity index is 813. The van der Waals surface area contributed by atoms with Crippen molar-refractivity contribution in [2.75, 3.05) is 19.8 Å². The molecule has 1 aliphatic rings. The average Bonchev–Trinajstić information content (AvgIpc) is 2.59. The molecule has 2 aromatic carbocycles. The molecule has 128 valence electrons. The van der Waals surface area contributed by atoms with Crippen molar-refractivity contribution >= 4 is 10.1 Å². The minimum absolute atomic E-state index is 0.0578.